The molecule has 0 aliphatic carbocycles. The van der Waals surface area contributed by atoms with E-state index in [2.05, 4.69) is 32.6 Å². The normalized spacial score (nSPS) is 18.3. The summed E-state index contributed by atoms with van der Waals surface area (Å²) >= 11 is 0. The Bertz CT molecular complexity index is 444. The zero-order valence-corrected chi connectivity index (χ0v) is 12.2. The fraction of sp³-hybridized carbons (Fsp3) is 0.562. The molecular formula is C16H23NO2. The first-order chi connectivity index (χ1) is 8.99. The molecule has 1 heterocycles. The maximum absolute atomic E-state index is 11.9. The van der Waals surface area contributed by atoms with Crippen molar-refractivity contribution < 1.29 is 9.53 Å². The number of cyclic esters (lactones) is 1. The van der Waals surface area contributed by atoms with E-state index in [-0.39, 0.29) is 12.2 Å². The van der Waals surface area contributed by atoms with Gasteiger partial charge in [0.25, 0.3) is 0 Å². The summed E-state index contributed by atoms with van der Waals surface area (Å²) < 4.78 is 5.58. The summed E-state index contributed by atoms with van der Waals surface area (Å²) in [6.07, 6.45) is -0.214. The summed E-state index contributed by atoms with van der Waals surface area (Å²) in [4.78, 5) is 14.2. The van der Waals surface area contributed by atoms with Crippen molar-refractivity contribution in [1.82, 2.24) is 4.90 Å². The van der Waals surface area contributed by atoms with E-state index in [1.165, 1.54) is 0 Å². The fourth-order valence-corrected chi connectivity index (χ4v) is 2.60. The van der Waals surface area contributed by atoms with E-state index < -0.39 is 0 Å². The van der Waals surface area contributed by atoms with E-state index in [1.807, 2.05) is 24.3 Å². The van der Waals surface area contributed by atoms with Crippen LogP contribution in [-0.4, -0.2) is 24.0 Å². The maximum atomic E-state index is 11.9. The van der Waals surface area contributed by atoms with Crippen LogP contribution in [0.25, 0.3) is 0 Å². The van der Waals surface area contributed by atoms with Gasteiger partial charge in [-0.1, -0.05) is 45.9 Å². The highest BCUT2D eigenvalue weighted by Gasteiger charge is 2.35. The van der Waals surface area contributed by atoms with E-state index >= 15 is 0 Å². The lowest BCUT2D eigenvalue weighted by atomic mass is 10.1. The van der Waals surface area contributed by atoms with Gasteiger partial charge in [-0.25, -0.2) is 4.79 Å². The second-order valence-corrected chi connectivity index (χ2v) is 6.09. The van der Waals surface area contributed by atoms with Gasteiger partial charge < -0.3 is 4.74 Å². The standard InChI is InChI=1S/C16H23NO2/c1-11(2)9-17(10-12(3)4)15-13-7-5-6-8-14(13)16(18)19-15/h5-8,11-12,15H,9-10H2,1-4H3. The van der Waals surface area contributed by atoms with Crippen LogP contribution in [0.5, 0.6) is 0 Å². The molecule has 2 rings (SSSR count). The van der Waals surface area contributed by atoms with Crippen molar-refractivity contribution >= 4 is 5.97 Å². The minimum absolute atomic E-state index is 0.196. The number of hydrogen-bond donors (Lipinski definition) is 0. The number of fused-ring (bicyclic) bond motifs is 1. The molecule has 0 amide bonds. The van der Waals surface area contributed by atoms with Gasteiger partial charge in [-0.15, -0.1) is 0 Å². The van der Waals surface area contributed by atoms with Crippen LogP contribution in [0, 0.1) is 11.8 Å². The number of esters is 1. The Kier molecular flexibility index (Phi) is 4.25. The van der Waals surface area contributed by atoms with Crippen LogP contribution in [0.2, 0.25) is 0 Å². The highest BCUT2D eigenvalue weighted by Crippen LogP contribution is 2.33. The van der Waals surface area contributed by atoms with Crippen LogP contribution < -0.4 is 0 Å². The molecule has 0 N–H and O–H groups in total. The van der Waals surface area contributed by atoms with Gasteiger partial charge in [0.1, 0.15) is 0 Å². The number of benzene rings is 1. The van der Waals surface area contributed by atoms with Gasteiger partial charge in [-0.2, -0.15) is 0 Å². The van der Waals surface area contributed by atoms with E-state index in [4.69, 9.17) is 4.74 Å². The molecule has 19 heavy (non-hydrogen) atoms. The second-order valence-electron chi connectivity index (χ2n) is 6.09. The molecular weight excluding hydrogens is 238 g/mol. The lowest BCUT2D eigenvalue weighted by Gasteiger charge is -2.31. The summed E-state index contributed by atoms with van der Waals surface area (Å²) in [6, 6.07) is 7.70. The third-order valence-electron chi connectivity index (χ3n) is 3.20. The molecule has 0 saturated carbocycles. The lowest BCUT2D eigenvalue weighted by molar-refractivity contribution is -0.0319. The quantitative estimate of drug-likeness (QED) is 0.760. The molecule has 1 unspecified atom stereocenters. The zero-order chi connectivity index (χ0) is 14.0. The average molecular weight is 261 g/mol. The number of carbonyl (C=O) groups excluding carboxylic acids is 1. The second kappa shape index (κ2) is 5.74. The van der Waals surface area contributed by atoms with Crippen molar-refractivity contribution in [1.29, 1.82) is 0 Å². The van der Waals surface area contributed by atoms with Crippen molar-refractivity contribution in [3.8, 4) is 0 Å². The smallest absolute Gasteiger partial charge is 0.340 e. The molecule has 3 heteroatoms. The predicted octanol–water partition coefficient (Wildman–Crippen LogP) is 3.47. The molecule has 1 aliphatic heterocycles. The lowest BCUT2D eigenvalue weighted by Crippen LogP contribution is -2.35. The first-order valence-corrected chi connectivity index (χ1v) is 7.03. The molecule has 1 atom stereocenters. The molecule has 0 spiro atoms. The number of ether oxygens (including phenoxy) is 1. The number of nitrogens with zero attached hydrogens (tertiary/aromatic N) is 1. The van der Waals surface area contributed by atoms with Crippen LogP contribution in [0.3, 0.4) is 0 Å². The van der Waals surface area contributed by atoms with Gasteiger partial charge in [0.05, 0.1) is 5.56 Å². The largest absolute Gasteiger partial charge is 0.438 e. The first-order valence-electron chi connectivity index (χ1n) is 7.03. The van der Waals surface area contributed by atoms with E-state index in [0.717, 1.165) is 18.7 Å². The third kappa shape index (κ3) is 3.16. The molecule has 0 fully saturated rings. The van der Waals surface area contributed by atoms with E-state index in [0.29, 0.717) is 17.4 Å². The van der Waals surface area contributed by atoms with Crippen molar-refractivity contribution in [3.63, 3.8) is 0 Å². The van der Waals surface area contributed by atoms with Gasteiger partial charge >= 0.3 is 5.97 Å². The monoisotopic (exact) mass is 261 g/mol. The Balaban J connectivity index is 2.25. The Labute approximate surface area is 115 Å². The maximum Gasteiger partial charge on any atom is 0.340 e. The number of hydrogen-bond acceptors (Lipinski definition) is 3. The molecule has 0 aromatic heterocycles. The molecule has 1 aromatic carbocycles. The van der Waals surface area contributed by atoms with Crippen LogP contribution in [0.15, 0.2) is 24.3 Å². The van der Waals surface area contributed by atoms with Crippen molar-refractivity contribution in [2.24, 2.45) is 11.8 Å². The summed E-state index contributed by atoms with van der Waals surface area (Å²) in [5, 5.41) is 0. The van der Waals surface area contributed by atoms with Gasteiger partial charge in [0, 0.05) is 18.7 Å². The van der Waals surface area contributed by atoms with E-state index in [9.17, 15) is 4.79 Å². The summed E-state index contributed by atoms with van der Waals surface area (Å²) in [7, 11) is 0. The fourth-order valence-electron chi connectivity index (χ4n) is 2.60. The SMILES string of the molecule is CC(C)CN(CC(C)C)C1OC(=O)c2ccccc21. The number of rotatable bonds is 5. The van der Waals surface area contributed by atoms with Gasteiger partial charge in [-0.3, -0.25) is 4.90 Å². The van der Waals surface area contributed by atoms with E-state index in [1.54, 1.807) is 0 Å². The predicted molar refractivity (Wildman–Crippen MR) is 75.8 cm³/mol. The van der Waals surface area contributed by atoms with Crippen molar-refractivity contribution in [3.05, 3.63) is 35.4 Å². The van der Waals surface area contributed by atoms with Gasteiger partial charge in [0.2, 0.25) is 0 Å². The van der Waals surface area contributed by atoms with Crippen molar-refractivity contribution in [2.45, 2.75) is 33.9 Å². The van der Waals surface area contributed by atoms with Crippen LogP contribution in [0.1, 0.15) is 49.8 Å². The molecule has 3 nitrogen and oxygen atoms in total. The van der Waals surface area contributed by atoms with Gasteiger partial charge in [-0.05, 0) is 17.9 Å². The molecule has 104 valence electrons. The third-order valence-corrected chi connectivity index (χ3v) is 3.20. The average Bonchev–Trinajstić information content (AvgIpc) is 2.66. The first kappa shape index (κ1) is 14.1. The molecule has 0 saturated heterocycles. The Morgan fingerprint density at radius 2 is 1.68 bits per heavy atom. The van der Waals surface area contributed by atoms with Crippen molar-refractivity contribution in [2.75, 3.05) is 13.1 Å². The highest BCUT2D eigenvalue weighted by molar-refractivity contribution is 5.93. The Hall–Kier alpha value is -1.35. The highest BCUT2D eigenvalue weighted by atomic mass is 16.6. The van der Waals surface area contributed by atoms with Crippen LogP contribution >= 0.6 is 0 Å². The molecule has 1 aliphatic rings. The number of carbonyl (C=O) groups is 1. The summed E-state index contributed by atoms with van der Waals surface area (Å²) in [6.45, 7) is 10.6. The minimum Gasteiger partial charge on any atom is -0.438 e. The van der Waals surface area contributed by atoms with Gasteiger partial charge in [0.15, 0.2) is 6.23 Å². The topological polar surface area (TPSA) is 29.5 Å². The zero-order valence-electron chi connectivity index (χ0n) is 12.2. The molecule has 0 radical (unpaired) electrons. The Morgan fingerprint density at radius 1 is 1.11 bits per heavy atom. The molecule has 1 aromatic rings. The van der Waals surface area contributed by atoms with Crippen LogP contribution in [-0.2, 0) is 4.74 Å². The Morgan fingerprint density at radius 3 is 2.26 bits per heavy atom. The summed E-state index contributed by atoms with van der Waals surface area (Å²) in [5.41, 5.74) is 1.72. The molecule has 0 bridgehead atoms. The van der Waals surface area contributed by atoms with Crippen LogP contribution in [0.4, 0.5) is 0 Å². The minimum atomic E-state index is -0.214. The summed E-state index contributed by atoms with van der Waals surface area (Å²) in [5.74, 6) is 0.897.